The van der Waals surface area contributed by atoms with Crippen molar-refractivity contribution in [2.24, 2.45) is 7.05 Å². The summed E-state index contributed by atoms with van der Waals surface area (Å²) >= 11 is 0. The number of hydrogen-bond donors (Lipinski definition) is 0. The molecule has 0 atom stereocenters. The normalized spacial score (nSPS) is 12.3. The Labute approximate surface area is 185 Å². The topological polar surface area (TPSA) is 80.3 Å². The first-order valence-corrected chi connectivity index (χ1v) is 10.7. The molecular formula is C25H32N6. The molecule has 3 aromatic rings. The zero-order valence-electron chi connectivity index (χ0n) is 19.9. The Morgan fingerprint density at radius 3 is 2.23 bits per heavy atom. The van der Waals surface area contributed by atoms with Crippen LogP contribution in [0.25, 0.3) is 0 Å². The van der Waals surface area contributed by atoms with Gasteiger partial charge in [-0.1, -0.05) is 41.5 Å². The van der Waals surface area contributed by atoms with Crippen LogP contribution >= 0.6 is 0 Å². The molecule has 31 heavy (non-hydrogen) atoms. The number of aromatic nitrogens is 5. The van der Waals surface area contributed by atoms with Crippen molar-refractivity contribution in [2.75, 3.05) is 0 Å². The maximum absolute atomic E-state index is 9.30. The van der Waals surface area contributed by atoms with E-state index in [4.69, 9.17) is 9.97 Å². The molecule has 6 nitrogen and oxygen atoms in total. The molecular weight excluding hydrogens is 384 g/mol. The van der Waals surface area contributed by atoms with Crippen LogP contribution in [-0.4, -0.2) is 24.5 Å². The van der Waals surface area contributed by atoms with E-state index in [1.165, 1.54) is 0 Å². The quantitative estimate of drug-likeness (QED) is 0.579. The predicted molar refractivity (Wildman–Crippen MR) is 122 cm³/mol. The van der Waals surface area contributed by atoms with Crippen LogP contribution < -0.4 is 0 Å². The van der Waals surface area contributed by atoms with Gasteiger partial charge in [-0.2, -0.15) is 5.26 Å². The second-order valence-electron chi connectivity index (χ2n) is 9.80. The van der Waals surface area contributed by atoms with Gasteiger partial charge in [0.25, 0.3) is 0 Å². The maximum atomic E-state index is 9.30. The van der Waals surface area contributed by atoms with Crippen molar-refractivity contribution in [2.45, 2.75) is 71.6 Å². The summed E-state index contributed by atoms with van der Waals surface area (Å²) in [5, 5.41) is 9.30. The Kier molecular flexibility index (Phi) is 6.00. The largest absolute Gasteiger partial charge is 0.342 e. The minimum atomic E-state index is -0.359. The summed E-state index contributed by atoms with van der Waals surface area (Å²) in [6.07, 6.45) is 8.39. The second-order valence-corrected chi connectivity index (χ2v) is 9.80. The predicted octanol–water partition coefficient (Wildman–Crippen LogP) is 4.75. The van der Waals surface area contributed by atoms with E-state index in [1.807, 2.05) is 49.4 Å². The van der Waals surface area contributed by atoms with Gasteiger partial charge in [-0.25, -0.2) is 9.97 Å². The first kappa shape index (κ1) is 22.6. The summed E-state index contributed by atoms with van der Waals surface area (Å²) in [6, 6.07) is 4.16. The highest BCUT2D eigenvalue weighted by atomic mass is 14.9. The van der Waals surface area contributed by atoms with Gasteiger partial charge in [-0.3, -0.25) is 9.97 Å². The molecule has 0 saturated heterocycles. The van der Waals surface area contributed by atoms with E-state index in [9.17, 15) is 5.26 Å². The molecule has 0 unspecified atom stereocenters. The fraction of sp³-hybridized carbons (Fsp3) is 0.480. The van der Waals surface area contributed by atoms with Crippen LogP contribution in [-0.2, 0) is 24.3 Å². The highest BCUT2D eigenvalue weighted by Crippen LogP contribution is 2.34. The van der Waals surface area contributed by atoms with Crippen LogP contribution in [0.1, 0.15) is 87.2 Å². The van der Waals surface area contributed by atoms with E-state index >= 15 is 0 Å². The minimum Gasteiger partial charge on any atom is -0.342 e. The molecule has 3 aromatic heterocycles. The summed E-state index contributed by atoms with van der Waals surface area (Å²) < 4.78 is 1.85. The van der Waals surface area contributed by atoms with Gasteiger partial charge in [0.05, 0.1) is 17.1 Å². The maximum Gasteiger partial charge on any atom is 0.129 e. The monoisotopic (exact) mass is 416 g/mol. The van der Waals surface area contributed by atoms with E-state index in [2.05, 4.69) is 57.6 Å². The first-order valence-electron chi connectivity index (χ1n) is 10.7. The Bertz CT molecular complexity index is 1110. The highest BCUT2D eigenvalue weighted by molar-refractivity contribution is 5.40. The zero-order chi connectivity index (χ0) is 23.0. The Morgan fingerprint density at radius 1 is 1.06 bits per heavy atom. The molecule has 0 N–H and O–H groups in total. The number of nitriles is 1. The van der Waals surface area contributed by atoms with Crippen LogP contribution in [0.3, 0.4) is 0 Å². The van der Waals surface area contributed by atoms with Crippen molar-refractivity contribution in [3.05, 3.63) is 70.6 Å². The van der Waals surface area contributed by atoms with Gasteiger partial charge in [-0.15, -0.1) is 0 Å². The Balaban J connectivity index is 1.88. The van der Waals surface area contributed by atoms with Crippen LogP contribution in [0.2, 0.25) is 0 Å². The van der Waals surface area contributed by atoms with Gasteiger partial charge < -0.3 is 4.57 Å². The number of hydrogen-bond acceptors (Lipinski definition) is 5. The van der Waals surface area contributed by atoms with Crippen LogP contribution in [0.15, 0.2) is 30.9 Å². The SMILES string of the molecule is Cc1nc(C(C)(C)Cc2ncc(C(C)C)cn2)cnc1C(C)(C)c1cc(C#N)n(C)c1. The fourth-order valence-electron chi connectivity index (χ4n) is 3.82. The van der Waals surface area contributed by atoms with Crippen molar-refractivity contribution in [3.63, 3.8) is 0 Å². The van der Waals surface area contributed by atoms with Crippen LogP contribution in [0.4, 0.5) is 0 Å². The van der Waals surface area contributed by atoms with Gasteiger partial charge in [0.1, 0.15) is 17.6 Å². The van der Waals surface area contributed by atoms with E-state index in [0.717, 1.165) is 34.0 Å². The van der Waals surface area contributed by atoms with Crippen molar-refractivity contribution in [3.8, 4) is 6.07 Å². The molecule has 0 aliphatic heterocycles. The lowest BCUT2D eigenvalue weighted by atomic mass is 9.81. The summed E-state index contributed by atoms with van der Waals surface area (Å²) in [4.78, 5) is 18.9. The van der Waals surface area contributed by atoms with E-state index in [1.54, 1.807) is 0 Å². The van der Waals surface area contributed by atoms with Gasteiger partial charge in [0.2, 0.25) is 0 Å². The average Bonchev–Trinajstić information content (AvgIpc) is 3.09. The standard InChI is InChI=1S/C25H32N6/c1-16(2)18-12-27-22(28-13-18)10-24(4,5)21-14-29-23(17(3)30-21)25(6,7)19-9-20(11-26)31(8)15-19/h9,12-16H,10H2,1-8H3. The minimum absolute atomic E-state index is 0.249. The van der Waals surface area contributed by atoms with Crippen LogP contribution in [0.5, 0.6) is 0 Å². The molecule has 0 aliphatic carbocycles. The lowest BCUT2D eigenvalue weighted by Gasteiger charge is -2.28. The van der Waals surface area contributed by atoms with Gasteiger partial charge in [0, 0.05) is 49.1 Å². The van der Waals surface area contributed by atoms with Crippen molar-refractivity contribution < 1.29 is 0 Å². The molecule has 0 amide bonds. The molecule has 0 aromatic carbocycles. The molecule has 0 spiro atoms. The third kappa shape index (κ3) is 4.51. The third-order valence-electron chi connectivity index (χ3n) is 6.07. The Morgan fingerprint density at radius 2 is 1.71 bits per heavy atom. The van der Waals surface area contributed by atoms with Gasteiger partial charge >= 0.3 is 0 Å². The van der Waals surface area contributed by atoms with Crippen molar-refractivity contribution in [1.82, 2.24) is 24.5 Å². The summed E-state index contributed by atoms with van der Waals surface area (Å²) in [6.45, 7) is 14.8. The summed E-state index contributed by atoms with van der Waals surface area (Å²) in [5.41, 5.74) is 4.96. The zero-order valence-corrected chi connectivity index (χ0v) is 19.9. The average molecular weight is 417 g/mol. The lowest BCUT2D eigenvalue weighted by Crippen LogP contribution is -2.27. The molecule has 0 fully saturated rings. The van der Waals surface area contributed by atoms with Crippen LogP contribution in [0, 0.1) is 18.3 Å². The van der Waals surface area contributed by atoms with Crippen molar-refractivity contribution in [1.29, 1.82) is 5.26 Å². The molecule has 0 radical (unpaired) electrons. The molecule has 0 bridgehead atoms. The fourth-order valence-corrected chi connectivity index (χ4v) is 3.82. The Hall–Kier alpha value is -3.07. The number of nitrogens with zero attached hydrogens (tertiary/aromatic N) is 6. The molecule has 3 heterocycles. The van der Waals surface area contributed by atoms with E-state index in [0.29, 0.717) is 18.0 Å². The van der Waals surface area contributed by atoms with E-state index in [-0.39, 0.29) is 10.8 Å². The molecule has 162 valence electrons. The number of aryl methyl sites for hydroxylation is 2. The molecule has 0 aliphatic rings. The van der Waals surface area contributed by atoms with Gasteiger partial charge in [0.15, 0.2) is 0 Å². The smallest absolute Gasteiger partial charge is 0.129 e. The highest BCUT2D eigenvalue weighted by Gasteiger charge is 2.31. The molecule has 0 saturated carbocycles. The van der Waals surface area contributed by atoms with Gasteiger partial charge in [-0.05, 0) is 30.0 Å². The second kappa shape index (κ2) is 8.22. The lowest BCUT2D eigenvalue weighted by molar-refractivity contribution is 0.482. The first-order chi connectivity index (χ1) is 14.5. The summed E-state index contributed by atoms with van der Waals surface area (Å²) in [5.74, 6) is 1.23. The number of rotatable bonds is 6. The molecule has 6 heteroatoms. The molecule has 3 rings (SSSR count). The third-order valence-corrected chi connectivity index (χ3v) is 6.07. The van der Waals surface area contributed by atoms with Crippen molar-refractivity contribution >= 4 is 0 Å². The van der Waals surface area contributed by atoms with E-state index < -0.39 is 0 Å². The summed E-state index contributed by atoms with van der Waals surface area (Å²) in [7, 11) is 1.89.